The third-order valence-electron chi connectivity index (χ3n) is 13.1. The third-order valence-corrected chi connectivity index (χ3v) is 13.1. The number of para-hydroxylation sites is 2. The van der Waals surface area contributed by atoms with Gasteiger partial charge in [0, 0.05) is 60.6 Å². The van der Waals surface area contributed by atoms with Gasteiger partial charge in [-0.25, -0.2) is 4.79 Å². The summed E-state index contributed by atoms with van der Waals surface area (Å²) >= 11 is 0. The number of benzene rings is 2. The molecule has 0 saturated carbocycles. The van der Waals surface area contributed by atoms with Crippen molar-refractivity contribution in [2.24, 2.45) is 0 Å². The van der Waals surface area contributed by atoms with Crippen LogP contribution >= 0.6 is 0 Å². The van der Waals surface area contributed by atoms with Crippen LogP contribution in [0.4, 0.5) is 16.2 Å². The minimum Gasteiger partial charge on any atom is -1.00 e. The van der Waals surface area contributed by atoms with Gasteiger partial charge < -0.3 is 65.8 Å². The Hall–Kier alpha value is -4.38. The van der Waals surface area contributed by atoms with Gasteiger partial charge in [-0.05, 0) is 76.5 Å². The maximum absolute atomic E-state index is 12.5. The van der Waals surface area contributed by atoms with E-state index in [0.29, 0.717) is 112 Å². The van der Waals surface area contributed by atoms with Gasteiger partial charge in [-0.15, -0.1) is 0 Å². The minimum absolute atomic E-state index is 0. The van der Waals surface area contributed by atoms with Crippen LogP contribution in [0.3, 0.4) is 0 Å². The first-order valence-corrected chi connectivity index (χ1v) is 26.1. The Bertz CT molecular complexity index is 2050. The largest absolute Gasteiger partial charge is 1.00 e. The summed E-state index contributed by atoms with van der Waals surface area (Å²) in [7, 11) is 2.15. The number of ether oxygens (including phenoxy) is 8. The lowest BCUT2D eigenvalue weighted by molar-refractivity contribution is -0.401. The second-order valence-corrected chi connectivity index (χ2v) is 19.1. The molecule has 5 rings (SSSR count). The van der Waals surface area contributed by atoms with Gasteiger partial charge in [0.1, 0.15) is 13.2 Å². The molecule has 2 aromatic rings. The molecule has 72 heavy (non-hydrogen) atoms. The number of nitrogens with one attached hydrogen (secondary N) is 2. The number of hydrogen-bond acceptors (Lipinski definition) is 11. The Balaban J connectivity index is 0.0000112. The molecule has 0 saturated heterocycles. The van der Waals surface area contributed by atoms with E-state index in [1.54, 1.807) is 0 Å². The molecule has 0 aromatic heterocycles. The van der Waals surface area contributed by atoms with Crippen molar-refractivity contribution in [3.05, 3.63) is 108 Å². The highest BCUT2D eigenvalue weighted by Crippen LogP contribution is 2.47. The number of nitrogens with zero attached hydrogens (tertiary/aromatic N) is 2. The highest BCUT2D eigenvalue weighted by molar-refractivity contribution is 6.03. The second-order valence-electron chi connectivity index (χ2n) is 19.1. The fraction of sp³-hybridized carbons (Fsp3) is 0.596. The zero-order valence-corrected chi connectivity index (χ0v) is 44.7. The van der Waals surface area contributed by atoms with Crippen molar-refractivity contribution < 1.29 is 64.5 Å². The molecule has 15 heteroatoms. The monoisotopic (exact) mass is 1020 g/mol. The first kappa shape index (κ1) is 60.2. The molecule has 2 amide bonds. The Labute approximate surface area is 436 Å². The lowest BCUT2D eigenvalue weighted by Crippen LogP contribution is -3.00. The molecule has 2 heterocycles. The first-order chi connectivity index (χ1) is 34.6. The Morgan fingerprint density at radius 2 is 1.19 bits per heavy atom. The van der Waals surface area contributed by atoms with Crippen molar-refractivity contribution in [1.82, 2.24) is 10.6 Å². The molecule has 400 valence electrons. The van der Waals surface area contributed by atoms with Gasteiger partial charge in [0.2, 0.25) is 11.6 Å². The third kappa shape index (κ3) is 20.5. The van der Waals surface area contributed by atoms with Crippen molar-refractivity contribution in [1.29, 1.82) is 0 Å². The van der Waals surface area contributed by atoms with Crippen LogP contribution in [0.1, 0.15) is 96.6 Å². The minimum atomic E-state index is -0.379. The van der Waals surface area contributed by atoms with Gasteiger partial charge in [0.05, 0.1) is 97.9 Å². The Morgan fingerprint density at radius 1 is 0.639 bits per heavy atom. The second kappa shape index (κ2) is 34.2. The summed E-state index contributed by atoms with van der Waals surface area (Å²) in [6.07, 6.45) is 23.1. The van der Waals surface area contributed by atoms with Crippen LogP contribution in [0.15, 0.2) is 96.8 Å². The number of carbonyl (C=O) groups excluding carboxylic acids is 2. The Morgan fingerprint density at radius 3 is 1.82 bits per heavy atom. The van der Waals surface area contributed by atoms with Crippen LogP contribution in [0, 0.1) is 0 Å². The maximum Gasteiger partial charge on any atom is 0.407 e. The lowest BCUT2D eigenvalue weighted by Gasteiger charge is -2.27. The van der Waals surface area contributed by atoms with E-state index >= 15 is 0 Å². The Kier molecular flexibility index (Phi) is 28.6. The summed E-state index contributed by atoms with van der Waals surface area (Å²) in [6.45, 7) is 17.5. The molecule has 1 aliphatic carbocycles. The summed E-state index contributed by atoms with van der Waals surface area (Å²) in [5.74, 6) is 0.0585. The number of unbranched alkanes of at least 4 members (excludes halogenated alkanes) is 2. The fourth-order valence-electron chi connectivity index (χ4n) is 9.21. The van der Waals surface area contributed by atoms with E-state index in [1.807, 2.05) is 0 Å². The van der Waals surface area contributed by atoms with E-state index in [1.165, 1.54) is 33.9 Å². The molecule has 1 unspecified atom stereocenters. The van der Waals surface area contributed by atoms with E-state index in [9.17, 15) is 9.59 Å². The molecule has 0 fully saturated rings. The highest BCUT2D eigenvalue weighted by Gasteiger charge is 2.42. The summed E-state index contributed by atoms with van der Waals surface area (Å²) in [6, 6.07) is 17.4. The molecule has 1 atom stereocenters. The number of anilines is 1. The molecular formula is C57H85ClN4O10. The van der Waals surface area contributed by atoms with Crippen LogP contribution in [0.25, 0.3) is 0 Å². The average molecular weight is 1020 g/mol. The summed E-state index contributed by atoms with van der Waals surface area (Å²) in [5.41, 5.74) is 7.65. The summed E-state index contributed by atoms with van der Waals surface area (Å²) in [5, 5.41) is 5.73. The molecule has 14 nitrogen and oxygen atoms in total. The number of fused-ring (bicyclic) bond motifs is 2. The van der Waals surface area contributed by atoms with E-state index < -0.39 is 0 Å². The van der Waals surface area contributed by atoms with Crippen LogP contribution in [-0.4, -0.2) is 148 Å². The van der Waals surface area contributed by atoms with E-state index in [0.717, 1.165) is 57.9 Å². The number of halogens is 1. The quantitative estimate of drug-likeness (QED) is 0.0376. The van der Waals surface area contributed by atoms with E-state index in [-0.39, 0.29) is 41.3 Å². The van der Waals surface area contributed by atoms with Crippen LogP contribution in [0.2, 0.25) is 0 Å². The van der Waals surface area contributed by atoms with Crippen molar-refractivity contribution in [2.45, 2.75) is 102 Å². The van der Waals surface area contributed by atoms with Crippen molar-refractivity contribution in [2.75, 3.05) is 124 Å². The van der Waals surface area contributed by atoms with Crippen molar-refractivity contribution in [3.8, 4) is 0 Å². The molecule has 0 spiro atoms. The zero-order valence-electron chi connectivity index (χ0n) is 44.0. The van der Waals surface area contributed by atoms with Gasteiger partial charge in [0.25, 0.3) is 0 Å². The predicted molar refractivity (Wildman–Crippen MR) is 281 cm³/mol. The summed E-state index contributed by atoms with van der Waals surface area (Å²) < 4.78 is 46.7. The number of alkyl carbamates (subject to hydrolysis) is 1. The normalized spacial score (nSPS) is 18.0. The van der Waals surface area contributed by atoms with Crippen molar-refractivity contribution >= 4 is 29.1 Å². The van der Waals surface area contributed by atoms with Crippen LogP contribution in [-0.2, 0) is 53.5 Å². The molecule has 0 bridgehead atoms. The molecule has 2 aliphatic heterocycles. The number of hydrogen-bond donors (Lipinski definition) is 2. The fourth-order valence-corrected chi connectivity index (χ4v) is 9.21. The standard InChI is InChI=1S/C57H84N4O10.ClH/c1-56(2)48-23-16-18-25-50(48)60(5)52(56)27-13-9-14-28-53-57(3,4)49-24-17-19-26-51(49)61(53)32-20-10-15-29-54(62)58-30-33-64-35-37-66-39-41-68-43-45-70-46-44-69-42-40-67-38-36-65-34-31-59-55(63)71-47-21-11-7-6-8-12-22-47;/h6-7,9,13-14,16-19,23-28,47H,8,10-12,15,20-22,29-46H2,1-5H3,(H-,58,59,62,63);1H/b7-6-;. The number of rotatable bonds is 34. The van der Waals surface area contributed by atoms with Gasteiger partial charge in [-0.1, -0.05) is 87.0 Å². The summed E-state index contributed by atoms with van der Waals surface area (Å²) in [4.78, 5) is 27.0. The highest BCUT2D eigenvalue weighted by atomic mass is 35.5. The average Bonchev–Trinajstić information content (AvgIpc) is 3.68. The van der Waals surface area contributed by atoms with Gasteiger partial charge in [-0.2, -0.15) is 4.58 Å². The number of amides is 2. The SMILES string of the molecule is C[N+]1=C(/C=C/C=C/C=C2/N(CCCCCC(=O)NCCOCCOCCOCCOCCOCCOCCOCCNC(=O)OC3CC/C=C\CCC3)c3ccccc3C2(C)C)C(C)(C)c2ccccc21.[Cl-]. The molecule has 2 aromatic carbocycles. The maximum atomic E-state index is 12.5. The smallest absolute Gasteiger partial charge is 0.407 e. The lowest BCUT2D eigenvalue weighted by atomic mass is 9.81. The van der Waals surface area contributed by atoms with E-state index in [4.69, 9.17) is 37.9 Å². The van der Waals surface area contributed by atoms with Gasteiger partial charge in [0.15, 0.2) is 5.71 Å². The van der Waals surface area contributed by atoms with Crippen LogP contribution in [0.5, 0.6) is 0 Å². The molecule has 3 aliphatic rings. The predicted octanol–water partition coefficient (Wildman–Crippen LogP) is 5.90. The van der Waals surface area contributed by atoms with Gasteiger partial charge in [-0.3, -0.25) is 4.79 Å². The molecular weight excluding hydrogens is 936 g/mol. The van der Waals surface area contributed by atoms with E-state index in [2.05, 4.69) is 146 Å². The first-order valence-electron chi connectivity index (χ1n) is 26.1. The number of allylic oxidation sites excluding steroid dienone is 8. The number of carbonyl (C=O) groups is 2. The molecule has 2 N–H and O–H groups in total. The zero-order chi connectivity index (χ0) is 50.4. The van der Waals surface area contributed by atoms with Crippen LogP contribution < -0.4 is 27.9 Å². The van der Waals surface area contributed by atoms with Crippen molar-refractivity contribution in [3.63, 3.8) is 0 Å². The molecule has 0 radical (unpaired) electrons. The topological polar surface area (TPSA) is 138 Å². The van der Waals surface area contributed by atoms with Gasteiger partial charge >= 0.3 is 6.09 Å².